The molecule has 0 amide bonds. The smallest absolute Gasteiger partial charge is 0.333 e. The molecule has 0 N–H and O–H groups in total. The predicted molar refractivity (Wildman–Crippen MR) is 249 cm³/mol. The van der Waals surface area contributed by atoms with Crippen LogP contribution in [0.3, 0.4) is 0 Å². The van der Waals surface area contributed by atoms with Crippen LogP contribution in [0.5, 0.6) is 0 Å². The van der Waals surface area contributed by atoms with Crippen molar-refractivity contribution in [2.24, 2.45) is 0 Å². The van der Waals surface area contributed by atoms with E-state index in [2.05, 4.69) is 219 Å². The van der Waals surface area contributed by atoms with Gasteiger partial charge in [-0.2, -0.15) is 0 Å². The van der Waals surface area contributed by atoms with E-state index in [1.54, 1.807) is 0 Å². The van der Waals surface area contributed by atoms with E-state index in [-0.39, 0.29) is 6.85 Å². The van der Waals surface area contributed by atoms with Gasteiger partial charge in [-0.1, -0.05) is 140 Å². The lowest BCUT2D eigenvalue weighted by atomic mass is 9.45. The van der Waals surface area contributed by atoms with Crippen molar-refractivity contribution in [1.82, 2.24) is 13.6 Å². The van der Waals surface area contributed by atoms with Gasteiger partial charge in [0.05, 0.1) is 33.4 Å². The molecule has 2 aliphatic heterocycles. The largest absolute Gasteiger partial charge is 0.375 e. The van der Waals surface area contributed by atoms with E-state index in [0.717, 1.165) is 17.1 Å². The normalized spacial score (nSPS) is 13.0. The van der Waals surface area contributed by atoms with Crippen molar-refractivity contribution in [2.75, 3.05) is 4.90 Å². The number of para-hydroxylation sites is 8. The Balaban J connectivity index is 1.24. The van der Waals surface area contributed by atoms with Crippen LogP contribution in [0.2, 0.25) is 0 Å². The Kier molecular flexibility index (Phi) is 6.07. The number of fused-ring (bicyclic) bond motifs is 14. The second kappa shape index (κ2) is 11.4. The van der Waals surface area contributed by atoms with Crippen LogP contribution < -0.4 is 15.8 Å². The molecule has 0 radical (unpaired) electrons. The summed E-state index contributed by atoms with van der Waals surface area (Å²) in [6.07, 6.45) is 0. The predicted octanol–water partition coefficient (Wildman–Crippen LogP) is 12.4. The first kappa shape index (κ1) is 31.3. The molecule has 0 atom stereocenters. The lowest BCUT2D eigenvalue weighted by Gasteiger charge is -2.41. The minimum atomic E-state index is -0.0597. The fourth-order valence-electron chi connectivity index (χ4n) is 11.0. The number of nitrogens with zero attached hydrogens (tertiary/aromatic N) is 4. The zero-order valence-electron chi connectivity index (χ0n) is 31.9. The Morgan fingerprint density at radius 2 is 0.847 bits per heavy atom. The summed E-state index contributed by atoms with van der Waals surface area (Å²) in [6, 6.07) is 74.2. The third-order valence-corrected chi connectivity index (χ3v) is 13.2. The summed E-state index contributed by atoms with van der Waals surface area (Å²) in [6.45, 7) is -0.0597. The maximum atomic E-state index is 2.66. The van der Waals surface area contributed by atoms with Crippen molar-refractivity contribution in [3.05, 3.63) is 200 Å². The van der Waals surface area contributed by atoms with E-state index in [1.165, 1.54) is 98.8 Å². The summed E-state index contributed by atoms with van der Waals surface area (Å²) in [4.78, 5) is 2.63. The molecule has 14 rings (SSSR count). The third kappa shape index (κ3) is 3.94. The van der Waals surface area contributed by atoms with Gasteiger partial charge in [-0.15, -0.1) is 0 Å². The van der Waals surface area contributed by atoms with E-state index in [0.29, 0.717) is 0 Å². The average Bonchev–Trinajstić information content (AvgIpc) is 3.95. The third-order valence-electron chi connectivity index (χ3n) is 13.2. The van der Waals surface area contributed by atoms with Crippen LogP contribution in [0.4, 0.5) is 17.1 Å². The number of hydrogen-bond acceptors (Lipinski definition) is 1. The van der Waals surface area contributed by atoms with Crippen molar-refractivity contribution in [3.8, 4) is 22.5 Å². The highest BCUT2D eigenvalue weighted by molar-refractivity contribution is 6.90. The minimum absolute atomic E-state index is 0.0597. The first-order chi connectivity index (χ1) is 29.3. The number of rotatable bonds is 3. The number of aromatic nitrogens is 3. The van der Waals surface area contributed by atoms with Gasteiger partial charge in [0.1, 0.15) is 0 Å². The molecule has 5 heterocycles. The van der Waals surface area contributed by atoms with Crippen molar-refractivity contribution in [2.45, 2.75) is 0 Å². The highest BCUT2D eigenvalue weighted by Crippen LogP contribution is 2.51. The summed E-state index contributed by atoms with van der Waals surface area (Å²) >= 11 is 0. The van der Waals surface area contributed by atoms with Gasteiger partial charge < -0.3 is 18.5 Å². The molecule has 3 aromatic heterocycles. The van der Waals surface area contributed by atoms with E-state index in [1.807, 2.05) is 0 Å². The van der Waals surface area contributed by atoms with Crippen LogP contribution in [-0.2, 0) is 0 Å². The zero-order valence-corrected chi connectivity index (χ0v) is 31.9. The lowest BCUT2D eigenvalue weighted by Crippen LogP contribution is -2.56. The maximum Gasteiger partial charge on any atom is 0.333 e. The minimum Gasteiger partial charge on any atom is -0.375 e. The van der Waals surface area contributed by atoms with E-state index < -0.39 is 0 Å². The fourth-order valence-corrected chi connectivity index (χ4v) is 11.0. The Morgan fingerprint density at radius 3 is 1.56 bits per heavy atom. The van der Waals surface area contributed by atoms with Crippen molar-refractivity contribution in [1.29, 1.82) is 0 Å². The van der Waals surface area contributed by atoms with Gasteiger partial charge in [0.25, 0.3) is 0 Å². The van der Waals surface area contributed by atoms with Gasteiger partial charge in [0, 0.05) is 66.0 Å². The highest BCUT2D eigenvalue weighted by atomic mass is 15.2. The summed E-state index contributed by atoms with van der Waals surface area (Å²) in [5, 5.41) is 7.56. The first-order valence-corrected chi connectivity index (χ1v) is 20.5. The van der Waals surface area contributed by atoms with Crippen LogP contribution in [0, 0.1) is 0 Å². The summed E-state index contributed by atoms with van der Waals surface area (Å²) < 4.78 is 7.66. The van der Waals surface area contributed by atoms with Gasteiger partial charge in [0.15, 0.2) is 0 Å². The standard InChI is InChI=1S/C54H33BN4/c1-3-17-34(18-4-1)56-45-28-11-7-21-36(45)40-26-16-32-49(52(40)56)58-48-31-14-10-27-44(48)55-50-42(41-25-15-24-39-37-22-9-13-30-47(37)59(55)51(39)41)33-43-38-23-8-12-29-46(38)57(53(43)54(50)58)35-19-5-2-6-20-35/h1-33H. The maximum absolute atomic E-state index is 2.66. The molecule has 4 nitrogen and oxygen atoms in total. The van der Waals surface area contributed by atoms with Gasteiger partial charge >= 0.3 is 6.85 Å². The van der Waals surface area contributed by atoms with Crippen LogP contribution in [0.25, 0.3) is 87.9 Å². The van der Waals surface area contributed by atoms with Crippen molar-refractivity contribution >= 4 is 100 Å². The molecular formula is C54H33BN4. The summed E-state index contributed by atoms with van der Waals surface area (Å²) in [7, 11) is 0. The number of hydrogen-bond donors (Lipinski definition) is 0. The molecule has 5 heteroatoms. The van der Waals surface area contributed by atoms with Crippen LogP contribution in [0.1, 0.15) is 0 Å². The van der Waals surface area contributed by atoms with Crippen molar-refractivity contribution < 1.29 is 0 Å². The summed E-state index contributed by atoms with van der Waals surface area (Å²) in [5.41, 5.74) is 18.4. The van der Waals surface area contributed by atoms with Gasteiger partial charge in [-0.05, 0) is 77.2 Å². The fraction of sp³-hybridized carbons (Fsp3) is 0. The van der Waals surface area contributed by atoms with E-state index in [4.69, 9.17) is 0 Å². The number of anilines is 3. The first-order valence-electron chi connectivity index (χ1n) is 20.5. The monoisotopic (exact) mass is 748 g/mol. The Morgan fingerprint density at radius 1 is 0.339 bits per heavy atom. The topological polar surface area (TPSA) is 18.0 Å². The lowest BCUT2D eigenvalue weighted by molar-refractivity contribution is 1.15. The molecular weight excluding hydrogens is 715 g/mol. The second-order valence-electron chi connectivity index (χ2n) is 16.0. The molecule has 0 unspecified atom stereocenters. The molecule has 0 bridgehead atoms. The molecule has 0 saturated heterocycles. The molecule has 59 heavy (non-hydrogen) atoms. The van der Waals surface area contributed by atoms with Crippen LogP contribution in [0.15, 0.2) is 200 Å². The van der Waals surface area contributed by atoms with Crippen LogP contribution in [-0.4, -0.2) is 20.5 Å². The summed E-state index contributed by atoms with van der Waals surface area (Å²) in [5.74, 6) is 0. The van der Waals surface area contributed by atoms with Gasteiger partial charge in [0.2, 0.25) is 0 Å². The second-order valence-corrected chi connectivity index (χ2v) is 16.0. The van der Waals surface area contributed by atoms with Gasteiger partial charge in [-0.3, -0.25) is 0 Å². The molecule has 272 valence electrons. The molecule has 0 fully saturated rings. The van der Waals surface area contributed by atoms with Gasteiger partial charge in [-0.25, -0.2) is 0 Å². The Bertz CT molecular complexity index is 3740. The van der Waals surface area contributed by atoms with E-state index >= 15 is 0 Å². The quantitative estimate of drug-likeness (QED) is 0.165. The van der Waals surface area contributed by atoms with Crippen molar-refractivity contribution in [3.63, 3.8) is 0 Å². The number of benzene rings is 9. The molecule has 0 aliphatic carbocycles. The molecule has 12 aromatic rings. The SMILES string of the molecule is c1ccc(-n2c3ccccc3c3cccc(N4c5ccccc5B5c6c(cc7c8ccccc8n(-c8ccccc8)c7c64)-c4cccc6c7ccccc7n5c46)c32)cc1. The zero-order chi connectivity index (χ0) is 38.3. The molecule has 2 aliphatic rings. The highest BCUT2D eigenvalue weighted by Gasteiger charge is 2.45. The average molecular weight is 749 g/mol. The Labute approximate surface area is 340 Å². The molecule has 0 spiro atoms. The molecule has 9 aromatic carbocycles. The van der Waals surface area contributed by atoms with E-state index in [9.17, 15) is 0 Å². The molecule has 0 saturated carbocycles. The Hall–Kier alpha value is -7.76. The van der Waals surface area contributed by atoms with Crippen LogP contribution >= 0.6 is 0 Å².